The second kappa shape index (κ2) is 7.49. The summed E-state index contributed by atoms with van der Waals surface area (Å²) >= 11 is 0. The Hall–Kier alpha value is -0.0800. The number of ether oxygens (including phenoxy) is 1. The molecule has 2 nitrogen and oxygen atoms in total. The largest absolute Gasteiger partial charge is 0.377 e. The normalized spacial score (nSPS) is 27.7. The highest BCUT2D eigenvalue weighted by Crippen LogP contribution is 2.36. The minimum atomic E-state index is 0.416. The lowest BCUT2D eigenvalue weighted by molar-refractivity contribution is -0.0313. The first-order valence-corrected chi connectivity index (χ1v) is 7.79. The van der Waals surface area contributed by atoms with Gasteiger partial charge in [0.2, 0.25) is 0 Å². The number of hydrogen-bond donors (Lipinski definition) is 1. The van der Waals surface area contributed by atoms with Crippen molar-refractivity contribution >= 4 is 0 Å². The summed E-state index contributed by atoms with van der Waals surface area (Å²) in [5.41, 5.74) is 0.451. The van der Waals surface area contributed by atoms with Crippen molar-refractivity contribution in [2.45, 2.75) is 78.9 Å². The van der Waals surface area contributed by atoms with Crippen LogP contribution in [0.4, 0.5) is 0 Å². The minimum absolute atomic E-state index is 0.416. The molecule has 1 saturated carbocycles. The molecule has 0 aromatic heterocycles. The molecule has 0 bridgehead atoms. The van der Waals surface area contributed by atoms with Gasteiger partial charge in [-0.2, -0.15) is 0 Å². The van der Waals surface area contributed by atoms with Gasteiger partial charge in [0.05, 0.1) is 6.10 Å². The van der Waals surface area contributed by atoms with E-state index in [1.54, 1.807) is 0 Å². The lowest BCUT2D eigenvalue weighted by Gasteiger charge is -2.41. The maximum atomic E-state index is 6.18. The van der Waals surface area contributed by atoms with Crippen molar-refractivity contribution in [2.24, 2.45) is 11.3 Å². The van der Waals surface area contributed by atoms with Crippen LogP contribution in [0, 0.1) is 11.3 Å². The van der Waals surface area contributed by atoms with Crippen LogP contribution in [-0.2, 0) is 4.74 Å². The van der Waals surface area contributed by atoms with Gasteiger partial charge in [0.25, 0.3) is 0 Å². The maximum absolute atomic E-state index is 6.18. The smallest absolute Gasteiger partial charge is 0.0733 e. The molecule has 1 fully saturated rings. The monoisotopic (exact) mass is 255 g/mol. The van der Waals surface area contributed by atoms with Crippen LogP contribution in [0.5, 0.6) is 0 Å². The molecular formula is C16H33NO. The first-order chi connectivity index (χ1) is 8.44. The van der Waals surface area contributed by atoms with E-state index in [0.29, 0.717) is 17.6 Å². The number of nitrogens with one attached hydrogen (secondary N) is 1. The van der Waals surface area contributed by atoms with Gasteiger partial charge in [-0.15, -0.1) is 0 Å². The fourth-order valence-electron chi connectivity index (χ4n) is 2.71. The van der Waals surface area contributed by atoms with Crippen molar-refractivity contribution < 1.29 is 4.74 Å². The van der Waals surface area contributed by atoms with E-state index in [1.807, 2.05) is 0 Å². The van der Waals surface area contributed by atoms with Crippen LogP contribution in [-0.4, -0.2) is 25.3 Å². The van der Waals surface area contributed by atoms with E-state index >= 15 is 0 Å². The molecule has 0 radical (unpaired) electrons. The third-order valence-electron chi connectivity index (χ3n) is 4.02. The standard InChI is InChI=1S/C16H33NO/c1-6-10-17-14-7-9-16(4,5)12-15(14)18-11-8-13(2)3/h13-15,17H,6-12H2,1-5H3. The van der Waals surface area contributed by atoms with Crippen LogP contribution < -0.4 is 5.32 Å². The molecule has 2 atom stereocenters. The summed E-state index contributed by atoms with van der Waals surface area (Å²) in [6, 6.07) is 0.574. The van der Waals surface area contributed by atoms with E-state index in [1.165, 1.54) is 32.1 Å². The predicted octanol–water partition coefficient (Wildman–Crippen LogP) is 4.00. The molecule has 108 valence electrons. The average Bonchev–Trinajstić information content (AvgIpc) is 2.26. The summed E-state index contributed by atoms with van der Waals surface area (Å²) in [5, 5.41) is 3.67. The molecule has 18 heavy (non-hydrogen) atoms. The minimum Gasteiger partial charge on any atom is -0.377 e. The number of rotatable bonds is 7. The van der Waals surface area contributed by atoms with Gasteiger partial charge in [-0.1, -0.05) is 34.6 Å². The lowest BCUT2D eigenvalue weighted by atomic mass is 9.74. The molecule has 1 aliphatic carbocycles. The summed E-state index contributed by atoms with van der Waals surface area (Å²) in [6.45, 7) is 13.6. The Morgan fingerprint density at radius 3 is 2.67 bits per heavy atom. The Kier molecular flexibility index (Phi) is 6.65. The average molecular weight is 255 g/mol. The van der Waals surface area contributed by atoms with E-state index in [-0.39, 0.29) is 0 Å². The van der Waals surface area contributed by atoms with E-state index < -0.39 is 0 Å². The van der Waals surface area contributed by atoms with E-state index in [4.69, 9.17) is 4.74 Å². The molecule has 0 heterocycles. The fraction of sp³-hybridized carbons (Fsp3) is 1.00. The second-order valence-corrected chi connectivity index (χ2v) is 7.06. The summed E-state index contributed by atoms with van der Waals surface area (Å²) < 4.78 is 6.18. The second-order valence-electron chi connectivity index (χ2n) is 7.06. The van der Waals surface area contributed by atoms with Gasteiger partial charge in [-0.25, -0.2) is 0 Å². The highest BCUT2D eigenvalue weighted by molar-refractivity contribution is 4.89. The van der Waals surface area contributed by atoms with E-state index in [9.17, 15) is 0 Å². The van der Waals surface area contributed by atoms with E-state index in [0.717, 1.165) is 19.1 Å². The van der Waals surface area contributed by atoms with E-state index in [2.05, 4.69) is 39.9 Å². The van der Waals surface area contributed by atoms with Gasteiger partial charge < -0.3 is 10.1 Å². The van der Waals surface area contributed by atoms with Crippen LogP contribution in [0.1, 0.15) is 66.7 Å². The summed E-state index contributed by atoms with van der Waals surface area (Å²) in [6.07, 6.45) is 6.58. The van der Waals surface area contributed by atoms with Crippen molar-refractivity contribution in [1.29, 1.82) is 0 Å². The SMILES string of the molecule is CCCNC1CCC(C)(C)CC1OCCC(C)C. The van der Waals surface area contributed by atoms with Crippen LogP contribution in [0.2, 0.25) is 0 Å². The first kappa shape index (κ1) is 16.0. The molecule has 1 N–H and O–H groups in total. The van der Waals surface area contributed by atoms with Crippen molar-refractivity contribution in [2.75, 3.05) is 13.2 Å². The third kappa shape index (κ3) is 5.71. The Morgan fingerprint density at radius 1 is 1.33 bits per heavy atom. The van der Waals surface area contributed by atoms with Gasteiger partial charge in [-0.3, -0.25) is 0 Å². The first-order valence-electron chi connectivity index (χ1n) is 7.79. The maximum Gasteiger partial charge on any atom is 0.0733 e. The highest BCUT2D eigenvalue weighted by atomic mass is 16.5. The highest BCUT2D eigenvalue weighted by Gasteiger charge is 2.35. The predicted molar refractivity (Wildman–Crippen MR) is 78.9 cm³/mol. The van der Waals surface area contributed by atoms with Crippen LogP contribution in [0.15, 0.2) is 0 Å². The zero-order chi connectivity index (χ0) is 13.6. The van der Waals surface area contributed by atoms with Gasteiger partial charge in [-0.05, 0) is 50.0 Å². The molecule has 0 aromatic rings. The summed E-state index contributed by atoms with van der Waals surface area (Å²) in [4.78, 5) is 0. The third-order valence-corrected chi connectivity index (χ3v) is 4.02. The number of hydrogen-bond acceptors (Lipinski definition) is 2. The van der Waals surface area contributed by atoms with Gasteiger partial charge in [0.15, 0.2) is 0 Å². The van der Waals surface area contributed by atoms with Crippen LogP contribution in [0.3, 0.4) is 0 Å². The molecule has 0 amide bonds. The molecule has 0 aliphatic heterocycles. The zero-order valence-electron chi connectivity index (χ0n) is 13.1. The van der Waals surface area contributed by atoms with Gasteiger partial charge in [0.1, 0.15) is 0 Å². The van der Waals surface area contributed by atoms with Crippen LogP contribution >= 0.6 is 0 Å². The Morgan fingerprint density at radius 2 is 2.06 bits per heavy atom. The Labute approximate surface area is 114 Å². The zero-order valence-corrected chi connectivity index (χ0v) is 13.1. The van der Waals surface area contributed by atoms with Crippen molar-refractivity contribution in [3.8, 4) is 0 Å². The van der Waals surface area contributed by atoms with Crippen LogP contribution in [0.25, 0.3) is 0 Å². The molecule has 0 saturated heterocycles. The molecule has 1 rings (SSSR count). The molecular weight excluding hydrogens is 222 g/mol. The van der Waals surface area contributed by atoms with Crippen molar-refractivity contribution in [3.63, 3.8) is 0 Å². The molecule has 2 unspecified atom stereocenters. The molecule has 0 aromatic carbocycles. The van der Waals surface area contributed by atoms with Gasteiger partial charge >= 0.3 is 0 Å². The topological polar surface area (TPSA) is 21.3 Å². The Bertz CT molecular complexity index is 225. The van der Waals surface area contributed by atoms with Gasteiger partial charge in [0, 0.05) is 12.6 Å². The summed E-state index contributed by atoms with van der Waals surface area (Å²) in [7, 11) is 0. The molecule has 2 heteroatoms. The van der Waals surface area contributed by atoms with Crippen molar-refractivity contribution in [3.05, 3.63) is 0 Å². The van der Waals surface area contributed by atoms with Crippen molar-refractivity contribution in [1.82, 2.24) is 5.32 Å². The molecule has 0 spiro atoms. The Balaban J connectivity index is 2.43. The fourth-order valence-corrected chi connectivity index (χ4v) is 2.71. The quantitative estimate of drug-likeness (QED) is 0.742. The lowest BCUT2D eigenvalue weighted by Crippen LogP contribution is -2.48. The summed E-state index contributed by atoms with van der Waals surface area (Å²) in [5.74, 6) is 0.739. The molecule has 1 aliphatic rings.